The van der Waals surface area contributed by atoms with Gasteiger partial charge in [-0.3, -0.25) is 14.2 Å². The summed E-state index contributed by atoms with van der Waals surface area (Å²) in [5.41, 5.74) is 2.44. The number of amides is 1. The van der Waals surface area contributed by atoms with Gasteiger partial charge < -0.3 is 5.32 Å². The van der Waals surface area contributed by atoms with Gasteiger partial charge in [-0.25, -0.2) is 9.67 Å². The third-order valence-corrected chi connectivity index (χ3v) is 5.37. The Morgan fingerprint density at radius 1 is 1.06 bits per heavy atom. The number of carbonyl (C=O) groups is 1. The summed E-state index contributed by atoms with van der Waals surface area (Å²) in [4.78, 5) is 29.9. The minimum absolute atomic E-state index is 0.0108. The van der Waals surface area contributed by atoms with E-state index < -0.39 is 0 Å². The number of hydrogen-bond acceptors (Lipinski definition) is 4. The molecular formula is C24H25N5O2. The van der Waals surface area contributed by atoms with Gasteiger partial charge in [0.2, 0.25) is 5.91 Å². The fourth-order valence-corrected chi connectivity index (χ4v) is 3.72. The van der Waals surface area contributed by atoms with E-state index >= 15 is 0 Å². The second-order valence-electron chi connectivity index (χ2n) is 7.43. The van der Waals surface area contributed by atoms with E-state index in [0.29, 0.717) is 30.7 Å². The second-order valence-corrected chi connectivity index (χ2v) is 7.43. The van der Waals surface area contributed by atoms with Gasteiger partial charge in [-0.15, -0.1) is 0 Å². The highest BCUT2D eigenvalue weighted by molar-refractivity contribution is 5.83. The molecule has 2 aromatic heterocycles. The summed E-state index contributed by atoms with van der Waals surface area (Å²) < 4.78 is 3.24. The van der Waals surface area contributed by atoms with Crippen molar-refractivity contribution in [2.75, 3.05) is 6.54 Å². The van der Waals surface area contributed by atoms with Gasteiger partial charge in [0.15, 0.2) is 5.65 Å². The van der Waals surface area contributed by atoms with Crippen LogP contribution in [0.15, 0.2) is 78.0 Å². The van der Waals surface area contributed by atoms with Crippen LogP contribution in [0.3, 0.4) is 0 Å². The molecule has 0 radical (unpaired) electrons. The number of nitrogens with one attached hydrogen (secondary N) is 1. The van der Waals surface area contributed by atoms with Gasteiger partial charge in [-0.1, -0.05) is 67.6 Å². The lowest BCUT2D eigenvalue weighted by atomic mass is 9.96. The van der Waals surface area contributed by atoms with E-state index in [1.165, 1.54) is 0 Å². The number of fused-ring (bicyclic) bond motifs is 1. The number of nitrogens with zero attached hydrogens (tertiary/aromatic N) is 4. The molecule has 4 aromatic rings. The van der Waals surface area contributed by atoms with E-state index in [4.69, 9.17) is 0 Å². The van der Waals surface area contributed by atoms with Crippen LogP contribution in [0.2, 0.25) is 0 Å². The third-order valence-electron chi connectivity index (χ3n) is 5.37. The van der Waals surface area contributed by atoms with E-state index in [1.54, 1.807) is 21.8 Å². The van der Waals surface area contributed by atoms with Gasteiger partial charge >= 0.3 is 0 Å². The zero-order valence-electron chi connectivity index (χ0n) is 17.4. The maximum Gasteiger partial charge on any atom is 0.264 e. The number of benzene rings is 2. The molecule has 0 unspecified atom stereocenters. The van der Waals surface area contributed by atoms with Crippen molar-refractivity contribution in [1.29, 1.82) is 0 Å². The molecule has 7 heteroatoms. The van der Waals surface area contributed by atoms with Crippen LogP contribution in [0.4, 0.5) is 0 Å². The summed E-state index contributed by atoms with van der Waals surface area (Å²) in [5, 5.41) is 7.77. The summed E-state index contributed by atoms with van der Waals surface area (Å²) in [6.07, 6.45) is 3.83. The van der Waals surface area contributed by atoms with E-state index in [0.717, 1.165) is 17.5 Å². The van der Waals surface area contributed by atoms with Crippen molar-refractivity contribution in [3.63, 3.8) is 0 Å². The van der Waals surface area contributed by atoms with Gasteiger partial charge in [0, 0.05) is 6.54 Å². The van der Waals surface area contributed by atoms with Crippen LogP contribution in [0.1, 0.15) is 30.4 Å². The average molecular weight is 415 g/mol. The van der Waals surface area contributed by atoms with E-state index in [1.807, 2.05) is 67.6 Å². The van der Waals surface area contributed by atoms with Crippen molar-refractivity contribution in [1.82, 2.24) is 24.6 Å². The van der Waals surface area contributed by atoms with E-state index in [9.17, 15) is 9.59 Å². The molecule has 4 rings (SSSR count). The molecule has 0 spiro atoms. The molecular weight excluding hydrogens is 390 g/mol. The van der Waals surface area contributed by atoms with Crippen LogP contribution < -0.4 is 10.9 Å². The predicted octanol–water partition coefficient (Wildman–Crippen LogP) is 2.95. The topological polar surface area (TPSA) is 81.8 Å². The first-order valence-corrected chi connectivity index (χ1v) is 10.4. The Balaban J connectivity index is 1.43. The number of rotatable bonds is 8. The molecule has 1 atom stereocenters. The maximum atomic E-state index is 12.8. The van der Waals surface area contributed by atoms with Crippen molar-refractivity contribution in [2.45, 2.75) is 32.4 Å². The van der Waals surface area contributed by atoms with Crippen molar-refractivity contribution >= 4 is 16.9 Å². The van der Waals surface area contributed by atoms with Gasteiger partial charge in [-0.2, -0.15) is 5.10 Å². The molecule has 1 amide bonds. The molecule has 158 valence electrons. The first kappa shape index (κ1) is 20.5. The Morgan fingerprint density at radius 3 is 2.48 bits per heavy atom. The smallest absolute Gasteiger partial charge is 0.264 e. The number of hydrogen-bond donors (Lipinski definition) is 1. The zero-order chi connectivity index (χ0) is 21.6. The van der Waals surface area contributed by atoms with Crippen LogP contribution in [-0.4, -0.2) is 31.8 Å². The molecule has 1 N–H and O–H groups in total. The maximum absolute atomic E-state index is 12.8. The van der Waals surface area contributed by atoms with Gasteiger partial charge in [0.25, 0.3) is 5.56 Å². The van der Waals surface area contributed by atoms with Crippen LogP contribution >= 0.6 is 0 Å². The van der Waals surface area contributed by atoms with Crippen LogP contribution in [0.5, 0.6) is 0 Å². The summed E-state index contributed by atoms with van der Waals surface area (Å²) in [6, 6.07) is 19.5. The SMILES string of the molecule is CC[C@@H](C(=O)NCCn1ncc2c(=O)n(Cc3ccccc3)cnc21)c1ccccc1. The summed E-state index contributed by atoms with van der Waals surface area (Å²) in [7, 11) is 0. The highest BCUT2D eigenvalue weighted by Crippen LogP contribution is 2.19. The van der Waals surface area contributed by atoms with Gasteiger partial charge in [-0.05, 0) is 17.5 Å². The van der Waals surface area contributed by atoms with Crippen molar-refractivity contribution in [2.24, 2.45) is 0 Å². The first-order valence-electron chi connectivity index (χ1n) is 10.4. The Labute approximate surface area is 180 Å². The Kier molecular flexibility index (Phi) is 6.21. The first-order chi connectivity index (χ1) is 15.2. The second kappa shape index (κ2) is 9.38. The standard InChI is InChI=1S/C24H25N5O2/c1-2-20(19-11-7-4-8-12-19)23(30)25-13-14-29-22-21(15-27-29)24(31)28(17-26-22)16-18-9-5-3-6-10-18/h3-12,15,17,20H,2,13-14,16H2,1H3,(H,25,30)/t20-/m1/s1. The third kappa shape index (κ3) is 4.55. The minimum Gasteiger partial charge on any atom is -0.354 e. The lowest BCUT2D eigenvalue weighted by Gasteiger charge is -2.15. The zero-order valence-corrected chi connectivity index (χ0v) is 17.4. The Hall–Kier alpha value is -3.74. The van der Waals surface area contributed by atoms with Gasteiger partial charge in [0.05, 0.1) is 25.2 Å². The molecule has 31 heavy (non-hydrogen) atoms. The number of aromatic nitrogens is 4. The molecule has 2 heterocycles. The fourth-order valence-electron chi connectivity index (χ4n) is 3.72. The fraction of sp³-hybridized carbons (Fsp3) is 0.250. The molecule has 0 saturated carbocycles. The largest absolute Gasteiger partial charge is 0.354 e. The molecule has 0 aliphatic carbocycles. The van der Waals surface area contributed by atoms with Crippen LogP contribution in [0, 0.1) is 0 Å². The van der Waals surface area contributed by atoms with E-state index in [-0.39, 0.29) is 17.4 Å². The lowest BCUT2D eigenvalue weighted by molar-refractivity contribution is -0.122. The molecule has 0 aliphatic rings. The molecule has 0 bridgehead atoms. The highest BCUT2D eigenvalue weighted by Gasteiger charge is 2.18. The van der Waals surface area contributed by atoms with Gasteiger partial charge in [0.1, 0.15) is 11.7 Å². The molecule has 0 fully saturated rings. The van der Waals surface area contributed by atoms with Crippen molar-refractivity contribution < 1.29 is 4.79 Å². The van der Waals surface area contributed by atoms with Crippen molar-refractivity contribution in [3.05, 3.63) is 94.7 Å². The number of carbonyl (C=O) groups excluding carboxylic acids is 1. The summed E-state index contributed by atoms with van der Waals surface area (Å²) in [5.74, 6) is -0.192. The van der Waals surface area contributed by atoms with Crippen molar-refractivity contribution in [3.8, 4) is 0 Å². The van der Waals surface area contributed by atoms with Crippen LogP contribution in [-0.2, 0) is 17.9 Å². The minimum atomic E-state index is -0.182. The lowest BCUT2D eigenvalue weighted by Crippen LogP contribution is -2.32. The molecule has 2 aromatic carbocycles. The highest BCUT2D eigenvalue weighted by atomic mass is 16.2. The van der Waals surface area contributed by atoms with E-state index in [2.05, 4.69) is 15.4 Å². The molecule has 7 nitrogen and oxygen atoms in total. The quantitative estimate of drug-likeness (QED) is 0.480. The normalized spacial score (nSPS) is 12.0. The van der Waals surface area contributed by atoms with Crippen LogP contribution in [0.25, 0.3) is 11.0 Å². The molecule has 0 saturated heterocycles. The predicted molar refractivity (Wildman–Crippen MR) is 120 cm³/mol. The Bertz CT molecular complexity index is 1220. The monoisotopic (exact) mass is 415 g/mol. The molecule has 0 aliphatic heterocycles. The summed E-state index contributed by atoms with van der Waals surface area (Å²) in [6.45, 7) is 3.31. The summed E-state index contributed by atoms with van der Waals surface area (Å²) >= 11 is 0. The Morgan fingerprint density at radius 2 is 1.77 bits per heavy atom. The average Bonchev–Trinajstić information content (AvgIpc) is 3.21.